The molecule has 0 N–H and O–H groups in total. The molecule has 1 saturated heterocycles. The van der Waals surface area contributed by atoms with Crippen molar-refractivity contribution in [1.29, 1.82) is 0 Å². The van der Waals surface area contributed by atoms with Crippen molar-refractivity contribution < 1.29 is 14.0 Å². The lowest BCUT2D eigenvalue weighted by Gasteiger charge is -2.38. The number of nitrogens with zero attached hydrogens (tertiary/aromatic N) is 1. The Kier molecular flexibility index (Phi) is 8.01. The van der Waals surface area contributed by atoms with Gasteiger partial charge in [0, 0.05) is 12.0 Å². The molecule has 30 heavy (non-hydrogen) atoms. The molecule has 3 aliphatic rings. The minimum atomic E-state index is -0.00895. The van der Waals surface area contributed by atoms with Gasteiger partial charge >= 0.3 is 0 Å². The Morgan fingerprint density at radius 3 is 2.67 bits per heavy atom. The number of allylic oxidation sites excluding steroid dienone is 4. The number of hydrogen-bond donors (Lipinski definition) is 0. The van der Waals surface area contributed by atoms with Crippen molar-refractivity contribution in [2.45, 2.75) is 97.9 Å². The molecule has 2 aliphatic carbocycles. The second-order valence-electron chi connectivity index (χ2n) is 11.2. The molecule has 4 atom stereocenters. The molecule has 3 heteroatoms. The van der Waals surface area contributed by atoms with Crippen LogP contribution in [0.3, 0.4) is 0 Å². The molecule has 3 rings (SSSR count). The summed E-state index contributed by atoms with van der Waals surface area (Å²) < 4.78 is 15.2. The second kappa shape index (κ2) is 10.1. The summed E-state index contributed by atoms with van der Waals surface area (Å²) in [6.07, 6.45) is 19.2. The maximum absolute atomic E-state index is 6.64. The van der Waals surface area contributed by atoms with Gasteiger partial charge < -0.3 is 9.47 Å². The van der Waals surface area contributed by atoms with E-state index < -0.39 is 0 Å². The fraction of sp³-hybridized carbons (Fsp3) is 0.815. The molecule has 0 bridgehead atoms. The van der Waals surface area contributed by atoms with Crippen LogP contribution in [0.4, 0.5) is 0 Å². The van der Waals surface area contributed by atoms with Crippen LogP contribution in [-0.4, -0.2) is 42.9 Å². The minimum Gasteiger partial charge on any atom is -0.349 e. The van der Waals surface area contributed by atoms with Crippen LogP contribution in [0.25, 0.3) is 0 Å². The summed E-state index contributed by atoms with van der Waals surface area (Å²) in [4.78, 5) is 0. The number of ether oxygens (including phenoxy) is 2. The monoisotopic (exact) mass is 416 g/mol. The highest BCUT2D eigenvalue weighted by atomic mass is 16.7. The van der Waals surface area contributed by atoms with Crippen LogP contribution in [0, 0.1) is 23.2 Å². The Bertz CT molecular complexity index is 654. The van der Waals surface area contributed by atoms with Gasteiger partial charge in [-0.2, -0.15) is 0 Å². The topological polar surface area (TPSA) is 21.5 Å². The molecule has 0 radical (unpaired) electrons. The molecule has 4 unspecified atom stereocenters. The van der Waals surface area contributed by atoms with E-state index in [4.69, 9.17) is 9.47 Å². The van der Waals surface area contributed by atoms with E-state index >= 15 is 0 Å². The van der Waals surface area contributed by atoms with E-state index in [0.717, 1.165) is 19.6 Å². The third-order valence-corrected chi connectivity index (χ3v) is 7.75. The molecule has 0 amide bonds. The molecule has 2 fully saturated rings. The first-order chi connectivity index (χ1) is 14.2. The van der Waals surface area contributed by atoms with Gasteiger partial charge in [-0.05, 0) is 69.6 Å². The zero-order chi connectivity index (χ0) is 21.8. The minimum absolute atomic E-state index is 0.00895. The fourth-order valence-electron chi connectivity index (χ4n) is 5.48. The van der Waals surface area contributed by atoms with Crippen LogP contribution in [-0.2, 0) is 9.47 Å². The zero-order valence-corrected chi connectivity index (χ0v) is 20.5. The van der Waals surface area contributed by atoms with Gasteiger partial charge in [-0.1, -0.05) is 51.3 Å². The van der Waals surface area contributed by atoms with Crippen molar-refractivity contribution >= 4 is 6.21 Å². The fourth-order valence-corrected chi connectivity index (χ4v) is 5.48. The van der Waals surface area contributed by atoms with Crippen molar-refractivity contribution in [3.63, 3.8) is 0 Å². The first-order valence-corrected chi connectivity index (χ1v) is 12.4. The summed E-state index contributed by atoms with van der Waals surface area (Å²) in [5, 5.41) is 0. The molecule has 3 nitrogen and oxygen atoms in total. The van der Waals surface area contributed by atoms with E-state index in [0.29, 0.717) is 17.8 Å². The molecule has 1 saturated carbocycles. The average molecular weight is 417 g/mol. The molecule has 1 aliphatic heterocycles. The van der Waals surface area contributed by atoms with Gasteiger partial charge in [0.15, 0.2) is 12.5 Å². The molecule has 1 spiro atoms. The Hall–Kier alpha value is -0.930. The van der Waals surface area contributed by atoms with Gasteiger partial charge in [-0.15, -0.1) is 0 Å². The van der Waals surface area contributed by atoms with E-state index in [9.17, 15) is 0 Å². The normalized spacial score (nSPS) is 34.3. The van der Waals surface area contributed by atoms with Gasteiger partial charge in [-0.3, -0.25) is 0 Å². The SMILES string of the molecule is CC[N+](C)=CC=C(C)CCC1C=CC(C)(C)CC(C2OCC3(CCCC3)O2)C(C)C1. The van der Waals surface area contributed by atoms with Gasteiger partial charge in [0.1, 0.15) is 13.6 Å². The van der Waals surface area contributed by atoms with Crippen LogP contribution in [0.15, 0.2) is 23.8 Å². The van der Waals surface area contributed by atoms with E-state index in [1.54, 1.807) is 0 Å². The Labute approximate surface area is 185 Å². The molecule has 0 aromatic heterocycles. The van der Waals surface area contributed by atoms with Gasteiger partial charge in [-0.25, -0.2) is 4.58 Å². The van der Waals surface area contributed by atoms with Crippen LogP contribution in [0.2, 0.25) is 0 Å². The van der Waals surface area contributed by atoms with Crippen molar-refractivity contribution in [2.75, 3.05) is 20.2 Å². The molecule has 0 aromatic carbocycles. The maximum Gasteiger partial charge on any atom is 0.163 e. The number of hydrogen-bond acceptors (Lipinski definition) is 2. The maximum atomic E-state index is 6.64. The molecule has 170 valence electrons. The highest BCUT2D eigenvalue weighted by Gasteiger charge is 2.47. The molecular weight excluding hydrogens is 370 g/mol. The average Bonchev–Trinajstić information content (AvgIpc) is 3.35. The quantitative estimate of drug-likeness (QED) is 0.285. The van der Waals surface area contributed by atoms with Crippen molar-refractivity contribution in [3.8, 4) is 0 Å². The Morgan fingerprint density at radius 2 is 1.97 bits per heavy atom. The summed E-state index contributed by atoms with van der Waals surface area (Å²) in [6.45, 7) is 13.5. The predicted octanol–water partition coefficient (Wildman–Crippen LogP) is 6.38. The summed E-state index contributed by atoms with van der Waals surface area (Å²) in [5.41, 5.74) is 1.70. The Balaban J connectivity index is 1.64. The highest BCUT2D eigenvalue weighted by Crippen LogP contribution is 2.46. The van der Waals surface area contributed by atoms with Crippen molar-refractivity contribution in [2.24, 2.45) is 23.2 Å². The Morgan fingerprint density at radius 1 is 1.23 bits per heavy atom. The summed E-state index contributed by atoms with van der Waals surface area (Å²) in [6, 6.07) is 0. The van der Waals surface area contributed by atoms with E-state index in [-0.39, 0.29) is 17.3 Å². The zero-order valence-electron chi connectivity index (χ0n) is 20.5. The lowest BCUT2D eigenvalue weighted by Crippen LogP contribution is -2.36. The first kappa shape index (κ1) is 23.7. The van der Waals surface area contributed by atoms with Crippen molar-refractivity contribution in [1.82, 2.24) is 0 Å². The van der Waals surface area contributed by atoms with Gasteiger partial charge in [0.2, 0.25) is 0 Å². The third kappa shape index (κ3) is 6.29. The van der Waals surface area contributed by atoms with E-state index in [1.807, 2.05) is 0 Å². The summed E-state index contributed by atoms with van der Waals surface area (Å²) in [7, 11) is 2.13. The third-order valence-electron chi connectivity index (χ3n) is 7.75. The largest absolute Gasteiger partial charge is 0.349 e. The van der Waals surface area contributed by atoms with Gasteiger partial charge in [0.25, 0.3) is 0 Å². The molecular formula is C27H46NO2+. The molecule has 1 heterocycles. The molecule has 0 aromatic rings. The lowest BCUT2D eigenvalue weighted by atomic mass is 9.71. The standard InChI is InChI=1S/C27H46NO2/c1-7-28(6)17-13-21(2)10-11-23-12-16-26(4,5)19-24(22(3)18-23)25-29-20-27(30-25)14-8-9-15-27/h12-13,16-17,22-25H,7-11,14-15,18-20H2,1-6H3/q+1. The lowest BCUT2D eigenvalue weighted by molar-refractivity contribution is -0.487. The van der Waals surface area contributed by atoms with Crippen LogP contribution in [0.1, 0.15) is 86.0 Å². The van der Waals surface area contributed by atoms with Crippen LogP contribution in [0.5, 0.6) is 0 Å². The summed E-state index contributed by atoms with van der Waals surface area (Å²) in [5.74, 6) is 1.73. The number of rotatable bonds is 6. The highest BCUT2D eigenvalue weighted by molar-refractivity contribution is 5.67. The second-order valence-corrected chi connectivity index (χ2v) is 11.2. The van der Waals surface area contributed by atoms with E-state index in [1.165, 1.54) is 50.5 Å². The predicted molar refractivity (Wildman–Crippen MR) is 126 cm³/mol. The van der Waals surface area contributed by atoms with Crippen LogP contribution < -0.4 is 0 Å². The van der Waals surface area contributed by atoms with Crippen LogP contribution >= 0.6 is 0 Å². The van der Waals surface area contributed by atoms with Gasteiger partial charge in [0.05, 0.1) is 12.2 Å². The summed E-state index contributed by atoms with van der Waals surface area (Å²) >= 11 is 0. The van der Waals surface area contributed by atoms with Crippen molar-refractivity contribution in [3.05, 3.63) is 23.8 Å². The first-order valence-electron chi connectivity index (χ1n) is 12.4. The van der Waals surface area contributed by atoms with E-state index in [2.05, 4.69) is 70.7 Å². The smallest absolute Gasteiger partial charge is 0.163 e.